The topological polar surface area (TPSA) is 49.9 Å². The van der Waals surface area contributed by atoms with Gasteiger partial charge >= 0.3 is 0 Å². The molecule has 3 rings (SSSR count). The van der Waals surface area contributed by atoms with E-state index in [4.69, 9.17) is 4.74 Å². The van der Waals surface area contributed by atoms with Crippen LogP contribution in [0.4, 0.5) is 11.4 Å². The highest BCUT2D eigenvalue weighted by molar-refractivity contribution is 5.94. The lowest BCUT2D eigenvalue weighted by atomic mass is 9.88. The number of ether oxygens (including phenoxy) is 1. The summed E-state index contributed by atoms with van der Waals surface area (Å²) < 4.78 is 6.32. The molecule has 0 spiro atoms. The van der Waals surface area contributed by atoms with E-state index in [1.54, 1.807) is 0 Å². The summed E-state index contributed by atoms with van der Waals surface area (Å²) in [5, 5.41) is 0. The van der Waals surface area contributed by atoms with Crippen LogP contribution in [-0.2, 0) is 0 Å². The molecule has 0 aliphatic carbocycles. The SMILES string of the molecule is CCN(CC)c1ccc2c(c1)OC(C(C)(C)C)=CC2=Cc1c(N(CC)CC)c(=O)c1=O. The number of fused-ring (bicyclic) bond motifs is 1. The Kier molecular flexibility index (Phi) is 6.44. The first-order chi connectivity index (χ1) is 14.7. The first-order valence-electron chi connectivity index (χ1n) is 11.2. The summed E-state index contributed by atoms with van der Waals surface area (Å²) in [6, 6.07) is 6.21. The molecule has 0 N–H and O–H groups in total. The average molecular weight is 423 g/mol. The molecule has 1 aliphatic rings. The Morgan fingerprint density at radius 2 is 1.52 bits per heavy atom. The van der Waals surface area contributed by atoms with Crippen molar-refractivity contribution in [2.45, 2.75) is 48.5 Å². The van der Waals surface area contributed by atoms with Gasteiger partial charge in [0, 0.05) is 48.9 Å². The molecule has 0 bridgehead atoms. The second-order valence-corrected chi connectivity index (χ2v) is 8.91. The molecule has 166 valence electrons. The number of hydrogen-bond donors (Lipinski definition) is 0. The summed E-state index contributed by atoms with van der Waals surface area (Å²) in [4.78, 5) is 29.0. The van der Waals surface area contributed by atoms with Gasteiger partial charge in [0.1, 0.15) is 17.2 Å². The number of hydrogen-bond acceptors (Lipinski definition) is 5. The predicted molar refractivity (Wildman–Crippen MR) is 131 cm³/mol. The van der Waals surface area contributed by atoms with Crippen LogP contribution in [0.15, 0.2) is 39.6 Å². The van der Waals surface area contributed by atoms with Crippen LogP contribution in [0, 0.1) is 5.41 Å². The van der Waals surface area contributed by atoms with Crippen molar-refractivity contribution >= 4 is 23.0 Å². The third kappa shape index (κ3) is 4.18. The largest absolute Gasteiger partial charge is 0.460 e. The maximum Gasteiger partial charge on any atom is 0.250 e. The molecule has 5 nitrogen and oxygen atoms in total. The van der Waals surface area contributed by atoms with E-state index >= 15 is 0 Å². The molecule has 0 radical (unpaired) electrons. The van der Waals surface area contributed by atoms with Crippen molar-refractivity contribution in [3.63, 3.8) is 0 Å². The lowest BCUT2D eigenvalue weighted by Gasteiger charge is -2.30. The molecule has 2 aromatic rings. The lowest BCUT2D eigenvalue weighted by Crippen LogP contribution is -2.42. The zero-order valence-corrected chi connectivity index (χ0v) is 19.8. The van der Waals surface area contributed by atoms with Gasteiger partial charge in [0.2, 0.25) is 10.9 Å². The number of nitrogens with zero attached hydrogens (tertiary/aromatic N) is 2. The van der Waals surface area contributed by atoms with E-state index in [0.717, 1.165) is 41.4 Å². The second kappa shape index (κ2) is 8.74. The summed E-state index contributed by atoms with van der Waals surface area (Å²) in [6.07, 6.45) is 3.86. The van der Waals surface area contributed by atoms with Crippen LogP contribution in [0.1, 0.15) is 59.6 Å². The first-order valence-corrected chi connectivity index (χ1v) is 11.2. The van der Waals surface area contributed by atoms with Gasteiger partial charge in [-0.25, -0.2) is 0 Å². The zero-order chi connectivity index (χ0) is 22.9. The molecule has 5 heteroatoms. The third-order valence-electron chi connectivity index (χ3n) is 5.95. The van der Waals surface area contributed by atoms with Crippen molar-refractivity contribution < 1.29 is 4.74 Å². The van der Waals surface area contributed by atoms with E-state index in [1.165, 1.54) is 0 Å². The van der Waals surface area contributed by atoms with E-state index in [9.17, 15) is 9.59 Å². The Morgan fingerprint density at radius 1 is 0.903 bits per heavy atom. The molecule has 2 aromatic carbocycles. The molecule has 0 saturated carbocycles. The predicted octanol–water partition coefficient (Wildman–Crippen LogP) is 4.84. The van der Waals surface area contributed by atoms with Gasteiger partial charge in [-0.05, 0) is 57.6 Å². The highest BCUT2D eigenvalue weighted by atomic mass is 16.5. The van der Waals surface area contributed by atoms with Crippen LogP contribution in [0.5, 0.6) is 5.75 Å². The molecular weight excluding hydrogens is 388 g/mol. The number of benzene rings is 1. The van der Waals surface area contributed by atoms with Gasteiger partial charge in [-0.2, -0.15) is 0 Å². The van der Waals surface area contributed by atoms with Crippen molar-refractivity contribution in [2.75, 3.05) is 36.0 Å². The zero-order valence-electron chi connectivity index (χ0n) is 19.8. The van der Waals surface area contributed by atoms with E-state index in [2.05, 4.69) is 51.7 Å². The molecule has 0 unspecified atom stereocenters. The smallest absolute Gasteiger partial charge is 0.250 e. The first kappa shape index (κ1) is 22.9. The van der Waals surface area contributed by atoms with E-state index in [0.29, 0.717) is 24.3 Å². The Labute approximate surface area is 185 Å². The Balaban J connectivity index is 2.17. The fourth-order valence-corrected chi connectivity index (χ4v) is 4.02. The highest BCUT2D eigenvalue weighted by Gasteiger charge is 2.28. The highest BCUT2D eigenvalue weighted by Crippen LogP contribution is 2.42. The molecule has 0 amide bonds. The van der Waals surface area contributed by atoms with E-state index < -0.39 is 5.43 Å². The summed E-state index contributed by atoms with van der Waals surface area (Å²) in [5.74, 6) is 1.62. The number of allylic oxidation sites excluding steroid dienone is 3. The fourth-order valence-electron chi connectivity index (χ4n) is 4.02. The molecule has 1 heterocycles. The normalized spacial score (nSPS) is 14.9. The van der Waals surface area contributed by atoms with E-state index in [-0.39, 0.29) is 10.8 Å². The van der Waals surface area contributed by atoms with Gasteiger partial charge in [-0.15, -0.1) is 0 Å². The summed E-state index contributed by atoms with van der Waals surface area (Å²) in [5.41, 5.74) is 2.97. The van der Waals surface area contributed by atoms with Crippen LogP contribution in [0.25, 0.3) is 11.6 Å². The molecular formula is C26H34N2O3. The van der Waals surface area contributed by atoms with Crippen LogP contribution in [-0.4, -0.2) is 26.2 Å². The molecule has 1 aliphatic heterocycles. The second-order valence-electron chi connectivity index (χ2n) is 8.91. The molecule has 0 saturated heterocycles. The Bertz CT molecular complexity index is 1090. The third-order valence-corrected chi connectivity index (χ3v) is 5.95. The summed E-state index contributed by atoms with van der Waals surface area (Å²) in [6.45, 7) is 17.8. The molecule has 0 atom stereocenters. The van der Waals surface area contributed by atoms with Gasteiger partial charge in [-0.1, -0.05) is 20.8 Å². The minimum Gasteiger partial charge on any atom is -0.460 e. The van der Waals surface area contributed by atoms with Crippen LogP contribution < -0.4 is 25.4 Å². The number of rotatable bonds is 7. The average Bonchev–Trinajstić information content (AvgIpc) is 2.75. The summed E-state index contributed by atoms with van der Waals surface area (Å²) >= 11 is 0. The van der Waals surface area contributed by atoms with Crippen molar-refractivity contribution in [2.24, 2.45) is 5.41 Å². The van der Waals surface area contributed by atoms with Crippen molar-refractivity contribution in [3.8, 4) is 5.75 Å². The van der Waals surface area contributed by atoms with Crippen LogP contribution in [0.3, 0.4) is 0 Å². The van der Waals surface area contributed by atoms with Crippen LogP contribution in [0.2, 0.25) is 0 Å². The minimum atomic E-state index is -0.409. The fraction of sp³-hybridized carbons (Fsp3) is 0.462. The molecule has 31 heavy (non-hydrogen) atoms. The van der Waals surface area contributed by atoms with Gasteiger partial charge in [0.25, 0.3) is 0 Å². The van der Waals surface area contributed by atoms with Gasteiger partial charge in [0.15, 0.2) is 0 Å². The Hall–Kier alpha value is -2.82. The quantitative estimate of drug-likeness (QED) is 0.598. The lowest BCUT2D eigenvalue weighted by molar-refractivity contribution is 0.291. The van der Waals surface area contributed by atoms with Gasteiger partial charge in [-0.3, -0.25) is 9.59 Å². The van der Waals surface area contributed by atoms with Crippen molar-refractivity contribution in [3.05, 3.63) is 61.6 Å². The van der Waals surface area contributed by atoms with Crippen molar-refractivity contribution in [1.82, 2.24) is 0 Å². The monoisotopic (exact) mass is 422 g/mol. The van der Waals surface area contributed by atoms with Gasteiger partial charge < -0.3 is 14.5 Å². The summed E-state index contributed by atoms with van der Waals surface area (Å²) in [7, 11) is 0. The maximum absolute atomic E-state index is 12.5. The van der Waals surface area contributed by atoms with Gasteiger partial charge in [0.05, 0.1) is 5.56 Å². The van der Waals surface area contributed by atoms with Crippen molar-refractivity contribution in [1.29, 1.82) is 0 Å². The molecule has 0 fully saturated rings. The maximum atomic E-state index is 12.5. The Morgan fingerprint density at radius 3 is 2.06 bits per heavy atom. The number of anilines is 2. The molecule has 0 aromatic heterocycles. The van der Waals surface area contributed by atoms with E-state index in [1.807, 2.05) is 37.0 Å². The minimum absolute atomic E-state index is 0.197. The standard InChI is InChI=1S/C26H34N2O3/c1-8-27(9-2)18-12-13-19-17(15-22(26(5,6)7)31-21(19)16-18)14-20-23(25(30)24(20)29)28(10-3)11-4/h12-16H,8-11H2,1-7H3. The van der Waals surface area contributed by atoms with Crippen LogP contribution >= 0.6 is 0 Å².